The molecule has 24 heavy (non-hydrogen) atoms. The number of hydrogen-bond donors (Lipinski definition) is 2. The van der Waals surface area contributed by atoms with E-state index in [9.17, 15) is 9.90 Å². The van der Waals surface area contributed by atoms with E-state index < -0.39 is 5.97 Å². The lowest BCUT2D eigenvalue weighted by Gasteiger charge is -2.17. The molecule has 0 spiro atoms. The van der Waals surface area contributed by atoms with Crippen LogP contribution in [0.1, 0.15) is 35.8 Å². The smallest absolute Gasteiger partial charge is 0.354 e. The second kappa shape index (κ2) is 5.55. The predicted molar refractivity (Wildman–Crippen MR) is 91.6 cm³/mol. The number of aromatic nitrogens is 4. The number of fused-ring (bicyclic) bond motifs is 1. The molecule has 8 heteroatoms. The Balaban J connectivity index is 1.82. The van der Waals surface area contributed by atoms with Crippen molar-refractivity contribution >= 4 is 28.0 Å². The third kappa shape index (κ3) is 2.52. The molecule has 124 valence electrons. The Morgan fingerprint density at radius 2 is 2.25 bits per heavy atom. The minimum absolute atomic E-state index is 0.0291. The van der Waals surface area contributed by atoms with Gasteiger partial charge in [-0.25, -0.2) is 19.3 Å². The van der Waals surface area contributed by atoms with Crippen molar-refractivity contribution in [1.82, 2.24) is 19.6 Å². The van der Waals surface area contributed by atoms with Gasteiger partial charge in [-0.1, -0.05) is 0 Å². The van der Waals surface area contributed by atoms with Gasteiger partial charge in [0, 0.05) is 23.2 Å². The molecule has 4 rings (SSSR count). The summed E-state index contributed by atoms with van der Waals surface area (Å²) in [5.41, 5.74) is 1.34. The summed E-state index contributed by atoms with van der Waals surface area (Å²) in [4.78, 5) is 21.4. The van der Waals surface area contributed by atoms with E-state index in [2.05, 4.69) is 27.3 Å². The van der Waals surface area contributed by atoms with Gasteiger partial charge in [-0.15, -0.1) is 11.3 Å². The zero-order valence-electron chi connectivity index (χ0n) is 13.4. The normalized spacial score (nSPS) is 15.6. The van der Waals surface area contributed by atoms with E-state index in [-0.39, 0.29) is 11.7 Å². The van der Waals surface area contributed by atoms with Gasteiger partial charge in [0.15, 0.2) is 11.5 Å². The van der Waals surface area contributed by atoms with Crippen LogP contribution in [0.5, 0.6) is 0 Å². The number of nitrogens with zero attached hydrogens (tertiary/aromatic N) is 4. The highest BCUT2D eigenvalue weighted by Gasteiger charge is 2.29. The van der Waals surface area contributed by atoms with Gasteiger partial charge in [-0.05, 0) is 32.6 Å². The summed E-state index contributed by atoms with van der Waals surface area (Å²) in [6.45, 7) is 3.85. The van der Waals surface area contributed by atoms with Crippen molar-refractivity contribution in [3.63, 3.8) is 0 Å². The summed E-state index contributed by atoms with van der Waals surface area (Å²) in [5.74, 6) is 0.567. The van der Waals surface area contributed by atoms with Crippen molar-refractivity contribution < 1.29 is 9.90 Å². The largest absolute Gasteiger partial charge is 0.476 e. The second-order valence-corrected chi connectivity index (χ2v) is 7.05. The lowest BCUT2D eigenvalue weighted by atomic mass is 10.1. The Labute approximate surface area is 142 Å². The number of nitrogens with one attached hydrogen (secondary N) is 1. The minimum atomic E-state index is -1.05. The molecule has 0 amide bonds. The lowest BCUT2D eigenvalue weighted by Crippen LogP contribution is -2.20. The van der Waals surface area contributed by atoms with Gasteiger partial charge in [0.1, 0.15) is 10.6 Å². The van der Waals surface area contributed by atoms with E-state index >= 15 is 0 Å². The Bertz CT molecular complexity index is 928. The molecule has 0 radical (unpaired) electrons. The highest BCUT2D eigenvalue weighted by molar-refractivity contribution is 7.16. The summed E-state index contributed by atoms with van der Waals surface area (Å²) < 4.78 is 1.74. The summed E-state index contributed by atoms with van der Waals surface area (Å²) in [6.07, 6.45) is 5.94. The van der Waals surface area contributed by atoms with Crippen molar-refractivity contribution in [1.29, 1.82) is 0 Å². The Kier molecular flexibility index (Phi) is 3.49. The molecule has 1 atom stereocenters. The minimum Gasteiger partial charge on any atom is -0.476 e. The van der Waals surface area contributed by atoms with Gasteiger partial charge < -0.3 is 10.4 Å². The van der Waals surface area contributed by atoms with Crippen molar-refractivity contribution in [2.45, 2.75) is 32.7 Å². The highest BCUT2D eigenvalue weighted by atomic mass is 32.1. The molecule has 0 saturated heterocycles. The maximum absolute atomic E-state index is 11.6. The van der Waals surface area contributed by atoms with Crippen molar-refractivity contribution in [3.05, 3.63) is 29.0 Å². The van der Waals surface area contributed by atoms with Crippen LogP contribution >= 0.6 is 11.3 Å². The summed E-state index contributed by atoms with van der Waals surface area (Å²) in [7, 11) is 0. The average Bonchev–Trinajstić information content (AvgIpc) is 3.16. The fraction of sp³-hybridized carbons (Fsp3) is 0.375. The van der Waals surface area contributed by atoms with Crippen molar-refractivity contribution in [3.8, 4) is 11.4 Å². The van der Waals surface area contributed by atoms with E-state index in [1.807, 2.05) is 11.6 Å². The second-order valence-electron chi connectivity index (χ2n) is 6.16. The number of thiazole rings is 1. The maximum atomic E-state index is 11.6. The maximum Gasteiger partial charge on any atom is 0.354 e. The van der Waals surface area contributed by atoms with Crippen molar-refractivity contribution in [2.24, 2.45) is 5.92 Å². The molecule has 1 aliphatic rings. The zero-order valence-corrected chi connectivity index (χ0v) is 14.2. The third-order valence-corrected chi connectivity index (χ3v) is 5.30. The van der Waals surface area contributed by atoms with Gasteiger partial charge in [0.05, 0.1) is 11.8 Å². The number of anilines is 1. The number of aromatic carboxylic acids is 1. The molecular weight excluding hydrogens is 326 g/mol. The zero-order chi connectivity index (χ0) is 16.8. The molecule has 3 heterocycles. The first kappa shape index (κ1) is 15.1. The van der Waals surface area contributed by atoms with Crippen LogP contribution in [0, 0.1) is 12.8 Å². The van der Waals surface area contributed by atoms with E-state index in [1.54, 1.807) is 17.6 Å². The molecule has 3 aromatic rings. The monoisotopic (exact) mass is 343 g/mol. The Hall–Kier alpha value is -2.48. The molecule has 0 bridgehead atoms. The first-order valence-electron chi connectivity index (χ1n) is 7.84. The highest BCUT2D eigenvalue weighted by Crippen LogP contribution is 2.35. The van der Waals surface area contributed by atoms with E-state index in [0.29, 0.717) is 23.1 Å². The van der Waals surface area contributed by atoms with Crippen LogP contribution in [-0.4, -0.2) is 36.7 Å². The van der Waals surface area contributed by atoms with Gasteiger partial charge in [-0.3, -0.25) is 0 Å². The molecule has 7 nitrogen and oxygen atoms in total. The number of rotatable bonds is 5. The molecule has 0 aromatic carbocycles. The molecule has 2 N–H and O–H groups in total. The van der Waals surface area contributed by atoms with Crippen LogP contribution in [0.25, 0.3) is 16.2 Å². The molecule has 3 aromatic heterocycles. The quantitative estimate of drug-likeness (QED) is 0.739. The number of hydrogen-bond acceptors (Lipinski definition) is 6. The predicted octanol–water partition coefficient (Wildman–Crippen LogP) is 3.07. The average molecular weight is 343 g/mol. The third-order valence-electron chi connectivity index (χ3n) is 4.41. The summed E-state index contributed by atoms with van der Waals surface area (Å²) in [6, 6.07) is 0.266. The molecular formula is C16H17N5O2S. The van der Waals surface area contributed by atoms with Crippen LogP contribution in [0.15, 0.2) is 17.8 Å². The molecule has 1 fully saturated rings. The van der Waals surface area contributed by atoms with Crippen LogP contribution in [0.2, 0.25) is 0 Å². The van der Waals surface area contributed by atoms with Gasteiger partial charge >= 0.3 is 5.97 Å². The summed E-state index contributed by atoms with van der Waals surface area (Å²) >= 11 is 1.52. The Morgan fingerprint density at radius 3 is 2.96 bits per heavy atom. The topological polar surface area (TPSA) is 92.4 Å². The van der Waals surface area contributed by atoms with E-state index in [1.165, 1.54) is 24.2 Å². The number of carboxylic acids is 1. The molecule has 1 aliphatic carbocycles. The van der Waals surface area contributed by atoms with E-state index in [0.717, 1.165) is 10.4 Å². The first-order chi connectivity index (χ1) is 11.5. The SMILES string of the molecule is Cc1c(N[C@@H](C)C2CC2)nc(-c2cnn3ccsc23)nc1C(=O)O. The summed E-state index contributed by atoms with van der Waals surface area (Å²) in [5, 5.41) is 19.1. The first-order valence-corrected chi connectivity index (χ1v) is 8.72. The Morgan fingerprint density at radius 1 is 1.46 bits per heavy atom. The lowest BCUT2D eigenvalue weighted by molar-refractivity contribution is 0.0689. The number of carbonyl (C=O) groups is 1. The fourth-order valence-electron chi connectivity index (χ4n) is 2.80. The van der Waals surface area contributed by atoms with Crippen LogP contribution in [0.4, 0.5) is 5.82 Å². The van der Waals surface area contributed by atoms with Crippen LogP contribution < -0.4 is 5.32 Å². The van der Waals surface area contributed by atoms with Crippen LogP contribution in [0.3, 0.4) is 0 Å². The van der Waals surface area contributed by atoms with E-state index in [4.69, 9.17) is 0 Å². The van der Waals surface area contributed by atoms with Gasteiger partial charge in [0.2, 0.25) is 0 Å². The van der Waals surface area contributed by atoms with Gasteiger partial charge in [-0.2, -0.15) is 5.10 Å². The van der Waals surface area contributed by atoms with Crippen LogP contribution in [-0.2, 0) is 0 Å². The standard InChI is InChI=1S/C16H17N5O2S/c1-8-12(16(22)23)19-14(11-7-17-21-5-6-24-15(11)21)20-13(8)18-9(2)10-3-4-10/h5-7,9-10H,3-4H2,1-2H3,(H,22,23)(H,18,19,20)/t9-/m0/s1. The molecule has 1 saturated carbocycles. The number of carboxylic acid groups (broad SMARTS) is 1. The molecule has 0 aliphatic heterocycles. The van der Waals surface area contributed by atoms with Crippen molar-refractivity contribution in [2.75, 3.05) is 5.32 Å². The molecule has 0 unspecified atom stereocenters. The fourth-order valence-corrected chi connectivity index (χ4v) is 3.59. The van der Waals surface area contributed by atoms with Gasteiger partial charge in [0.25, 0.3) is 0 Å².